The molecule has 0 aliphatic heterocycles. The lowest BCUT2D eigenvalue weighted by Crippen LogP contribution is -2.10. The highest BCUT2D eigenvalue weighted by molar-refractivity contribution is 7.98. The minimum atomic E-state index is 0.0888. The van der Waals surface area contributed by atoms with Gasteiger partial charge in [-0.2, -0.15) is 0 Å². The maximum Gasteiger partial charge on any atom is 0.140 e. The van der Waals surface area contributed by atoms with Gasteiger partial charge in [0.25, 0.3) is 0 Å². The summed E-state index contributed by atoms with van der Waals surface area (Å²) in [5, 5.41) is 0. The van der Waals surface area contributed by atoms with Crippen molar-refractivity contribution in [2.45, 2.75) is 37.5 Å². The first-order valence-electron chi connectivity index (χ1n) is 5.39. The lowest BCUT2D eigenvalue weighted by atomic mass is 9.91. The Morgan fingerprint density at radius 3 is 2.27 bits per heavy atom. The smallest absolute Gasteiger partial charge is 0.140 e. The van der Waals surface area contributed by atoms with Gasteiger partial charge in [0.2, 0.25) is 0 Å². The maximum absolute atomic E-state index is 11.7. The summed E-state index contributed by atoms with van der Waals surface area (Å²) >= 11 is 1.73. The Hall–Kier alpha value is -0.760. The van der Waals surface area contributed by atoms with E-state index in [0.717, 1.165) is 12.0 Å². The third-order valence-electron chi connectivity index (χ3n) is 2.66. The van der Waals surface area contributed by atoms with Gasteiger partial charge in [-0.15, -0.1) is 11.8 Å². The van der Waals surface area contributed by atoms with Gasteiger partial charge < -0.3 is 0 Å². The highest BCUT2D eigenvalue weighted by atomic mass is 32.2. The summed E-state index contributed by atoms with van der Waals surface area (Å²) in [5.41, 5.74) is 1.15. The molecule has 0 aromatic heterocycles. The van der Waals surface area contributed by atoms with Gasteiger partial charge in [0.1, 0.15) is 5.78 Å². The molecule has 0 aliphatic rings. The van der Waals surface area contributed by atoms with Gasteiger partial charge >= 0.3 is 0 Å². The Bertz CT molecular complexity index is 316. The van der Waals surface area contributed by atoms with Crippen LogP contribution < -0.4 is 0 Å². The Balaban J connectivity index is 2.87. The zero-order valence-corrected chi connectivity index (χ0v) is 10.4. The molecule has 0 heterocycles. The van der Waals surface area contributed by atoms with Crippen molar-refractivity contribution in [3.63, 3.8) is 0 Å². The predicted octanol–water partition coefficient (Wildman–Crippen LogP) is 3.88. The topological polar surface area (TPSA) is 17.1 Å². The Morgan fingerprint density at radius 2 is 1.87 bits per heavy atom. The number of carbonyl (C=O) groups excluding carboxylic acids is 1. The lowest BCUT2D eigenvalue weighted by molar-refractivity contribution is -0.120. The third kappa shape index (κ3) is 3.10. The molecule has 0 fully saturated rings. The molecule has 2 heteroatoms. The van der Waals surface area contributed by atoms with Crippen LogP contribution in [0.1, 0.15) is 38.2 Å². The van der Waals surface area contributed by atoms with Gasteiger partial charge in [-0.25, -0.2) is 0 Å². The predicted molar refractivity (Wildman–Crippen MR) is 66.6 cm³/mol. The number of rotatable bonds is 5. The van der Waals surface area contributed by atoms with E-state index in [1.54, 1.807) is 11.8 Å². The molecule has 0 N–H and O–H groups in total. The van der Waals surface area contributed by atoms with Crippen molar-refractivity contribution < 1.29 is 4.79 Å². The summed E-state index contributed by atoms with van der Waals surface area (Å²) in [5.74, 6) is 0.431. The normalized spacial score (nSPS) is 12.5. The molecule has 82 valence electrons. The van der Waals surface area contributed by atoms with Crippen LogP contribution in [0.4, 0.5) is 0 Å². The molecule has 0 saturated heterocycles. The van der Waals surface area contributed by atoms with Crippen LogP contribution in [-0.4, -0.2) is 12.0 Å². The second-order valence-corrected chi connectivity index (χ2v) is 4.43. The molecule has 0 amide bonds. The molecular formula is C13H18OS. The van der Waals surface area contributed by atoms with Gasteiger partial charge in [-0.3, -0.25) is 4.79 Å². The molecule has 15 heavy (non-hydrogen) atoms. The Morgan fingerprint density at radius 1 is 1.27 bits per heavy atom. The molecule has 1 aromatic carbocycles. The Labute approximate surface area is 96.3 Å². The molecule has 1 aromatic rings. The largest absolute Gasteiger partial charge is 0.299 e. The van der Waals surface area contributed by atoms with Crippen LogP contribution in [0.5, 0.6) is 0 Å². The zero-order chi connectivity index (χ0) is 11.3. The van der Waals surface area contributed by atoms with E-state index in [9.17, 15) is 4.79 Å². The minimum absolute atomic E-state index is 0.0888. The minimum Gasteiger partial charge on any atom is -0.299 e. The fourth-order valence-electron chi connectivity index (χ4n) is 1.73. The number of ketones is 1. The van der Waals surface area contributed by atoms with Crippen molar-refractivity contribution in [3.05, 3.63) is 29.8 Å². The van der Waals surface area contributed by atoms with E-state index < -0.39 is 0 Å². The van der Waals surface area contributed by atoms with Crippen molar-refractivity contribution in [1.29, 1.82) is 0 Å². The first-order chi connectivity index (χ1) is 7.22. The number of hydrogen-bond acceptors (Lipinski definition) is 2. The van der Waals surface area contributed by atoms with Crippen molar-refractivity contribution in [3.8, 4) is 0 Å². The second kappa shape index (κ2) is 5.96. The monoisotopic (exact) mass is 222 g/mol. The zero-order valence-electron chi connectivity index (χ0n) is 9.62. The summed E-state index contributed by atoms with van der Waals surface area (Å²) in [4.78, 5) is 12.9. The molecule has 0 spiro atoms. The quantitative estimate of drug-likeness (QED) is 0.703. The first-order valence-corrected chi connectivity index (χ1v) is 6.62. The number of carbonyl (C=O) groups is 1. The van der Waals surface area contributed by atoms with Crippen LogP contribution in [0.3, 0.4) is 0 Å². The number of Topliss-reactive ketones (excluding diaryl/α,β-unsaturated/α-hetero) is 1. The Kier molecular flexibility index (Phi) is 4.89. The van der Waals surface area contributed by atoms with Gasteiger partial charge in [-0.05, 0) is 30.4 Å². The SMILES string of the molecule is CCC(=O)C(CC)c1ccc(SC)cc1. The fourth-order valence-corrected chi connectivity index (χ4v) is 2.14. The van der Waals surface area contributed by atoms with E-state index in [-0.39, 0.29) is 5.92 Å². The molecular weight excluding hydrogens is 204 g/mol. The van der Waals surface area contributed by atoms with Crippen molar-refractivity contribution in [1.82, 2.24) is 0 Å². The first kappa shape index (κ1) is 12.3. The number of benzene rings is 1. The summed E-state index contributed by atoms with van der Waals surface area (Å²) < 4.78 is 0. The van der Waals surface area contributed by atoms with Crippen LogP contribution in [0.15, 0.2) is 29.2 Å². The average molecular weight is 222 g/mol. The molecule has 0 radical (unpaired) electrons. The maximum atomic E-state index is 11.7. The molecule has 0 bridgehead atoms. The molecule has 0 saturated carbocycles. The fraction of sp³-hybridized carbons (Fsp3) is 0.462. The van der Waals surface area contributed by atoms with E-state index in [4.69, 9.17) is 0 Å². The van der Waals surface area contributed by atoms with Crippen molar-refractivity contribution >= 4 is 17.5 Å². The van der Waals surface area contributed by atoms with Crippen molar-refractivity contribution in [2.75, 3.05) is 6.26 Å². The average Bonchev–Trinajstić information content (AvgIpc) is 2.30. The molecule has 0 aliphatic carbocycles. The van der Waals surface area contributed by atoms with E-state index >= 15 is 0 Å². The van der Waals surface area contributed by atoms with E-state index in [1.807, 2.05) is 6.92 Å². The van der Waals surface area contributed by atoms with Crippen LogP contribution in [0.25, 0.3) is 0 Å². The number of thioether (sulfide) groups is 1. The second-order valence-electron chi connectivity index (χ2n) is 3.55. The van der Waals surface area contributed by atoms with Crippen LogP contribution in [0.2, 0.25) is 0 Å². The van der Waals surface area contributed by atoms with E-state index in [1.165, 1.54) is 4.90 Å². The van der Waals surface area contributed by atoms with Gasteiger partial charge in [-0.1, -0.05) is 26.0 Å². The molecule has 1 rings (SSSR count). The summed E-state index contributed by atoms with van der Waals surface area (Å²) in [6.45, 7) is 4.00. The van der Waals surface area contributed by atoms with Crippen LogP contribution in [-0.2, 0) is 4.79 Å². The van der Waals surface area contributed by atoms with Gasteiger partial charge in [0.05, 0.1) is 0 Å². The highest BCUT2D eigenvalue weighted by Gasteiger charge is 2.16. The summed E-state index contributed by atoms with van der Waals surface area (Å²) in [6.07, 6.45) is 3.58. The molecule has 1 atom stereocenters. The van der Waals surface area contributed by atoms with E-state index in [0.29, 0.717) is 12.2 Å². The number of hydrogen-bond donors (Lipinski definition) is 0. The van der Waals surface area contributed by atoms with Gasteiger partial charge in [0, 0.05) is 17.2 Å². The summed E-state index contributed by atoms with van der Waals surface area (Å²) in [7, 11) is 0. The highest BCUT2D eigenvalue weighted by Crippen LogP contribution is 2.24. The van der Waals surface area contributed by atoms with Crippen molar-refractivity contribution in [2.24, 2.45) is 0 Å². The molecule has 1 unspecified atom stereocenters. The standard InChI is InChI=1S/C13H18OS/c1-4-12(13(14)5-2)10-6-8-11(15-3)9-7-10/h6-9,12H,4-5H2,1-3H3. The third-order valence-corrected chi connectivity index (χ3v) is 3.41. The van der Waals surface area contributed by atoms with Crippen LogP contribution in [0, 0.1) is 0 Å². The summed E-state index contributed by atoms with van der Waals surface area (Å²) in [6, 6.07) is 8.33. The van der Waals surface area contributed by atoms with Crippen LogP contribution >= 0.6 is 11.8 Å². The molecule has 1 nitrogen and oxygen atoms in total. The van der Waals surface area contributed by atoms with Gasteiger partial charge in [0.15, 0.2) is 0 Å². The lowest BCUT2D eigenvalue weighted by Gasteiger charge is -2.13. The van der Waals surface area contributed by atoms with E-state index in [2.05, 4.69) is 37.4 Å².